The van der Waals surface area contributed by atoms with Crippen LogP contribution in [0.25, 0.3) is 0 Å². The van der Waals surface area contributed by atoms with Crippen molar-refractivity contribution in [2.75, 3.05) is 0 Å². The third-order valence-corrected chi connectivity index (χ3v) is 3.00. The average molecular weight is 137 g/mol. The first-order valence-electron chi connectivity index (χ1n) is 3.86. The molecule has 3 atom stereocenters. The minimum atomic E-state index is -0.584. The van der Waals surface area contributed by atoms with Gasteiger partial charge < -0.3 is 5.11 Å². The van der Waals surface area contributed by atoms with Gasteiger partial charge in [0.25, 0.3) is 0 Å². The van der Waals surface area contributed by atoms with E-state index in [1.165, 1.54) is 0 Å². The molecule has 0 aromatic rings. The summed E-state index contributed by atoms with van der Waals surface area (Å²) in [6.07, 6.45) is 3.81. The summed E-state index contributed by atoms with van der Waals surface area (Å²) >= 11 is 0. The molecule has 2 saturated carbocycles. The van der Waals surface area contributed by atoms with Crippen molar-refractivity contribution in [1.82, 2.24) is 0 Å². The second-order valence-electron chi connectivity index (χ2n) is 3.63. The molecule has 2 heteroatoms. The van der Waals surface area contributed by atoms with Gasteiger partial charge in [0.2, 0.25) is 0 Å². The van der Waals surface area contributed by atoms with Crippen LogP contribution in [-0.2, 0) is 0 Å². The van der Waals surface area contributed by atoms with Gasteiger partial charge in [-0.1, -0.05) is 0 Å². The minimum Gasteiger partial charge on any atom is -0.389 e. The summed E-state index contributed by atoms with van der Waals surface area (Å²) < 4.78 is 0. The van der Waals surface area contributed by atoms with Crippen LogP contribution < -0.4 is 0 Å². The van der Waals surface area contributed by atoms with Crippen molar-refractivity contribution in [3.05, 3.63) is 0 Å². The van der Waals surface area contributed by atoms with Crippen molar-refractivity contribution in [3.63, 3.8) is 0 Å². The number of hydrogen-bond acceptors (Lipinski definition) is 2. The zero-order valence-corrected chi connectivity index (χ0v) is 5.88. The van der Waals surface area contributed by atoms with Gasteiger partial charge in [0.1, 0.15) is 0 Å². The molecule has 3 unspecified atom stereocenters. The van der Waals surface area contributed by atoms with Crippen molar-refractivity contribution in [3.8, 4) is 6.07 Å². The lowest BCUT2D eigenvalue weighted by Crippen LogP contribution is -2.30. The third kappa shape index (κ3) is 0.615. The zero-order valence-electron chi connectivity index (χ0n) is 5.88. The predicted molar refractivity (Wildman–Crippen MR) is 36.0 cm³/mol. The van der Waals surface area contributed by atoms with Crippen molar-refractivity contribution < 1.29 is 5.11 Å². The number of nitriles is 1. The lowest BCUT2D eigenvalue weighted by molar-refractivity contribution is 0.0234. The molecule has 0 amide bonds. The van der Waals surface area contributed by atoms with Crippen LogP contribution >= 0.6 is 0 Å². The van der Waals surface area contributed by atoms with Crippen LogP contribution in [0.15, 0.2) is 0 Å². The Balaban J connectivity index is 2.24. The molecule has 2 aliphatic carbocycles. The second kappa shape index (κ2) is 1.73. The summed E-state index contributed by atoms with van der Waals surface area (Å²) in [6.45, 7) is 0. The molecule has 0 radical (unpaired) electrons. The molecule has 54 valence electrons. The molecule has 0 spiro atoms. The summed E-state index contributed by atoms with van der Waals surface area (Å²) in [5, 5.41) is 18.4. The van der Waals surface area contributed by atoms with E-state index in [4.69, 9.17) is 5.26 Å². The summed E-state index contributed by atoms with van der Waals surface area (Å²) in [5.74, 6) is 0.584. The zero-order chi connectivity index (χ0) is 7.19. The van der Waals surface area contributed by atoms with Crippen LogP contribution in [-0.4, -0.2) is 10.7 Å². The van der Waals surface area contributed by atoms with Crippen LogP contribution in [0.5, 0.6) is 0 Å². The smallest absolute Gasteiger partial charge is 0.0808 e. The SMILES string of the molecule is N#CC1CC2CCC1(O)C2. The molecule has 0 heterocycles. The van der Waals surface area contributed by atoms with Crippen LogP contribution in [0.3, 0.4) is 0 Å². The maximum absolute atomic E-state index is 9.78. The molecule has 2 aliphatic rings. The number of hydrogen-bond donors (Lipinski definition) is 1. The first kappa shape index (κ1) is 6.18. The van der Waals surface area contributed by atoms with Crippen LogP contribution in [0, 0.1) is 23.2 Å². The van der Waals surface area contributed by atoms with Gasteiger partial charge in [-0.15, -0.1) is 0 Å². The Kier molecular flexibility index (Phi) is 1.07. The molecule has 0 aliphatic heterocycles. The van der Waals surface area contributed by atoms with E-state index < -0.39 is 5.60 Å². The molecule has 0 aromatic heterocycles. The lowest BCUT2D eigenvalue weighted by atomic mass is 9.86. The molecule has 0 aromatic carbocycles. The Labute approximate surface area is 60.5 Å². The molecule has 1 N–H and O–H groups in total. The number of aliphatic hydroxyl groups is 1. The quantitative estimate of drug-likeness (QED) is 0.542. The highest BCUT2D eigenvalue weighted by atomic mass is 16.3. The van der Waals surface area contributed by atoms with Crippen molar-refractivity contribution in [2.24, 2.45) is 11.8 Å². The monoisotopic (exact) mass is 137 g/mol. The fourth-order valence-corrected chi connectivity index (χ4v) is 2.40. The van der Waals surface area contributed by atoms with Gasteiger partial charge in [0.15, 0.2) is 0 Å². The Bertz CT molecular complexity index is 196. The number of rotatable bonds is 0. The molecule has 2 bridgehead atoms. The summed E-state index contributed by atoms with van der Waals surface area (Å²) in [7, 11) is 0. The van der Waals surface area contributed by atoms with E-state index in [9.17, 15) is 5.11 Å². The van der Waals surface area contributed by atoms with Crippen LogP contribution in [0.2, 0.25) is 0 Å². The Morgan fingerprint density at radius 2 is 2.40 bits per heavy atom. The first-order chi connectivity index (χ1) is 4.74. The summed E-state index contributed by atoms with van der Waals surface area (Å²) in [4.78, 5) is 0. The Morgan fingerprint density at radius 1 is 1.60 bits per heavy atom. The van der Waals surface area contributed by atoms with Gasteiger partial charge in [-0.3, -0.25) is 0 Å². The van der Waals surface area contributed by atoms with E-state index in [1.807, 2.05) is 0 Å². The van der Waals surface area contributed by atoms with Gasteiger partial charge in [-0.25, -0.2) is 0 Å². The topological polar surface area (TPSA) is 44.0 Å². The van der Waals surface area contributed by atoms with E-state index in [-0.39, 0.29) is 5.92 Å². The van der Waals surface area contributed by atoms with Gasteiger partial charge >= 0.3 is 0 Å². The highest BCUT2D eigenvalue weighted by Gasteiger charge is 2.50. The Morgan fingerprint density at radius 3 is 2.70 bits per heavy atom. The second-order valence-corrected chi connectivity index (χ2v) is 3.63. The van der Waals surface area contributed by atoms with Crippen molar-refractivity contribution >= 4 is 0 Å². The van der Waals surface area contributed by atoms with Crippen LogP contribution in [0.1, 0.15) is 25.7 Å². The molecular formula is C8H11NO. The first-order valence-corrected chi connectivity index (χ1v) is 3.86. The van der Waals surface area contributed by atoms with Crippen molar-refractivity contribution in [2.45, 2.75) is 31.3 Å². The standard InChI is InChI=1S/C8H11NO/c9-5-7-3-6-1-2-8(7,10)4-6/h6-7,10H,1-4H2. The molecule has 2 fully saturated rings. The largest absolute Gasteiger partial charge is 0.389 e. The fourth-order valence-electron chi connectivity index (χ4n) is 2.40. The average Bonchev–Trinajstić information content (AvgIpc) is 2.41. The molecule has 0 saturated heterocycles. The Hall–Kier alpha value is -0.550. The van der Waals surface area contributed by atoms with Crippen LogP contribution in [0.4, 0.5) is 0 Å². The lowest BCUT2D eigenvalue weighted by Gasteiger charge is -2.23. The van der Waals surface area contributed by atoms with E-state index in [0.29, 0.717) is 5.92 Å². The molecule has 2 nitrogen and oxygen atoms in total. The highest BCUT2D eigenvalue weighted by molar-refractivity contribution is 5.09. The van der Waals surface area contributed by atoms with Gasteiger partial charge in [0, 0.05) is 0 Å². The van der Waals surface area contributed by atoms with E-state index >= 15 is 0 Å². The van der Waals surface area contributed by atoms with E-state index in [0.717, 1.165) is 25.7 Å². The number of nitrogens with zero attached hydrogens (tertiary/aromatic N) is 1. The molecular weight excluding hydrogens is 126 g/mol. The number of fused-ring (bicyclic) bond motifs is 2. The maximum atomic E-state index is 9.78. The normalized spacial score (nSPS) is 51.2. The summed E-state index contributed by atoms with van der Waals surface area (Å²) in [6, 6.07) is 2.19. The fraction of sp³-hybridized carbons (Fsp3) is 0.875. The maximum Gasteiger partial charge on any atom is 0.0808 e. The third-order valence-electron chi connectivity index (χ3n) is 3.00. The van der Waals surface area contributed by atoms with Gasteiger partial charge in [-0.2, -0.15) is 5.26 Å². The van der Waals surface area contributed by atoms with E-state index in [2.05, 4.69) is 6.07 Å². The molecule has 10 heavy (non-hydrogen) atoms. The van der Waals surface area contributed by atoms with E-state index in [1.54, 1.807) is 0 Å². The molecule has 2 rings (SSSR count). The summed E-state index contributed by atoms with van der Waals surface area (Å²) in [5.41, 5.74) is -0.584. The van der Waals surface area contributed by atoms with Gasteiger partial charge in [0.05, 0.1) is 17.6 Å². The highest BCUT2D eigenvalue weighted by Crippen LogP contribution is 2.50. The van der Waals surface area contributed by atoms with Crippen molar-refractivity contribution in [1.29, 1.82) is 5.26 Å². The minimum absolute atomic E-state index is 0.0637. The van der Waals surface area contributed by atoms with Gasteiger partial charge in [-0.05, 0) is 31.6 Å². The predicted octanol–water partition coefficient (Wildman–Crippen LogP) is 1.06.